The normalized spacial score (nSPS) is 16.8. The van der Waals surface area contributed by atoms with Gasteiger partial charge in [0.1, 0.15) is 0 Å². The lowest BCUT2D eigenvalue weighted by molar-refractivity contribution is -0.117. The molecule has 2 N–H and O–H groups in total. The molecular formula is C22H26N4O2S. The van der Waals surface area contributed by atoms with Gasteiger partial charge in [-0.05, 0) is 60.6 Å². The first-order chi connectivity index (χ1) is 14.2. The number of rotatable bonds is 5. The Bertz CT molecular complexity index is 848. The molecule has 4 rings (SSSR count). The molecule has 0 atom stereocenters. The summed E-state index contributed by atoms with van der Waals surface area (Å²) in [5.41, 5.74) is 4.25. The van der Waals surface area contributed by atoms with E-state index in [-0.39, 0.29) is 5.91 Å². The Morgan fingerprint density at radius 1 is 0.966 bits per heavy atom. The molecule has 2 aromatic rings. The van der Waals surface area contributed by atoms with E-state index in [1.165, 1.54) is 11.3 Å². The summed E-state index contributed by atoms with van der Waals surface area (Å²) in [5, 5.41) is 7.02. The van der Waals surface area contributed by atoms with E-state index in [9.17, 15) is 4.79 Å². The minimum absolute atomic E-state index is 0.197. The molecule has 6 nitrogen and oxygen atoms in total. The van der Waals surface area contributed by atoms with E-state index < -0.39 is 0 Å². The zero-order chi connectivity index (χ0) is 20.1. The number of hydrogen-bond acceptors (Lipinski definition) is 4. The number of nitrogens with zero attached hydrogens (tertiary/aromatic N) is 2. The Morgan fingerprint density at radius 2 is 1.66 bits per heavy atom. The van der Waals surface area contributed by atoms with Crippen LogP contribution >= 0.6 is 12.2 Å². The molecule has 2 aliphatic heterocycles. The molecule has 152 valence electrons. The van der Waals surface area contributed by atoms with Crippen molar-refractivity contribution in [2.45, 2.75) is 19.4 Å². The van der Waals surface area contributed by atoms with Crippen molar-refractivity contribution in [3.8, 4) is 0 Å². The standard InChI is InChI=1S/C22H26N4O2S/c27-21-2-1-11-26(21)20-9-5-18(6-10-20)24-22(29)23-16-17-3-7-19(8-4-17)25-12-14-28-15-13-25/h3-10H,1-2,11-16H2,(H2,23,24,29). The molecule has 0 spiro atoms. The number of ether oxygens (including phenoxy) is 1. The van der Waals surface area contributed by atoms with Crippen LogP contribution in [-0.4, -0.2) is 43.9 Å². The Morgan fingerprint density at radius 3 is 2.31 bits per heavy atom. The van der Waals surface area contributed by atoms with Gasteiger partial charge in [0.15, 0.2) is 5.11 Å². The third-order valence-electron chi connectivity index (χ3n) is 5.28. The van der Waals surface area contributed by atoms with Gasteiger partial charge in [-0.1, -0.05) is 12.1 Å². The summed E-state index contributed by atoms with van der Waals surface area (Å²) in [6, 6.07) is 16.4. The molecule has 0 aromatic heterocycles. The quantitative estimate of drug-likeness (QED) is 0.739. The summed E-state index contributed by atoms with van der Waals surface area (Å²) in [4.78, 5) is 16.0. The summed E-state index contributed by atoms with van der Waals surface area (Å²) in [6.45, 7) is 4.93. The lowest BCUT2D eigenvalue weighted by Gasteiger charge is -2.28. The number of thiocarbonyl (C=S) groups is 1. The van der Waals surface area contributed by atoms with Crippen LogP contribution in [0, 0.1) is 0 Å². The molecule has 0 aliphatic carbocycles. The van der Waals surface area contributed by atoms with E-state index in [0.29, 0.717) is 18.1 Å². The number of amides is 1. The highest BCUT2D eigenvalue weighted by atomic mass is 32.1. The summed E-state index contributed by atoms with van der Waals surface area (Å²) in [7, 11) is 0. The molecule has 1 amide bonds. The molecule has 0 radical (unpaired) electrons. The van der Waals surface area contributed by atoms with Gasteiger partial charge in [-0.15, -0.1) is 0 Å². The van der Waals surface area contributed by atoms with Crippen LogP contribution in [0.25, 0.3) is 0 Å². The molecule has 2 aromatic carbocycles. The fourth-order valence-electron chi connectivity index (χ4n) is 3.65. The van der Waals surface area contributed by atoms with Gasteiger partial charge in [-0.3, -0.25) is 4.79 Å². The van der Waals surface area contributed by atoms with Crippen LogP contribution in [0.15, 0.2) is 48.5 Å². The number of anilines is 3. The molecule has 0 saturated carbocycles. The van der Waals surface area contributed by atoms with Crippen molar-refractivity contribution in [3.05, 3.63) is 54.1 Å². The average molecular weight is 411 g/mol. The SMILES string of the molecule is O=C1CCCN1c1ccc(NC(=S)NCc2ccc(N3CCOCC3)cc2)cc1. The second-order valence-electron chi connectivity index (χ2n) is 7.27. The minimum Gasteiger partial charge on any atom is -0.378 e. The molecule has 2 aliphatic rings. The lowest BCUT2D eigenvalue weighted by Crippen LogP contribution is -2.36. The first-order valence-corrected chi connectivity index (χ1v) is 10.5. The average Bonchev–Trinajstić information content (AvgIpc) is 3.20. The topological polar surface area (TPSA) is 56.8 Å². The number of hydrogen-bond donors (Lipinski definition) is 2. The van der Waals surface area contributed by atoms with Crippen LogP contribution in [0.5, 0.6) is 0 Å². The highest BCUT2D eigenvalue weighted by Crippen LogP contribution is 2.23. The third kappa shape index (κ3) is 5.05. The second kappa shape index (κ2) is 9.24. The summed E-state index contributed by atoms with van der Waals surface area (Å²) in [6.07, 6.45) is 1.57. The van der Waals surface area contributed by atoms with Crippen molar-refractivity contribution in [3.63, 3.8) is 0 Å². The maximum atomic E-state index is 11.8. The first-order valence-electron chi connectivity index (χ1n) is 10.1. The Labute approximate surface area is 176 Å². The number of carbonyl (C=O) groups excluding carboxylic acids is 1. The minimum atomic E-state index is 0.197. The Balaban J connectivity index is 1.26. The molecule has 2 fully saturated rings. The van der Waals surface area contributed by atoms with Crippen LogP contribution in [0.3, 0.4) is 0 Å². The molecule has 2 heterocycles. The number of benzene rings is 2. The maximum Gasteiger partial charge on any atom is 0.227 e. The summed E-state index contributed by atoms with van der Waals surface area (Å²) < 4.78 is 5.41. The van der Waals surface area contributed by atoms with Crippen molar-refractivity contribution in [2.24, 2.45) is 0 Å². The van der Waals surface area contributed by atoms with Crippen molar-refractivity contribution in [2.75, 3.05) is 48.0 Å². The van der Waals surface area contributed by atoms with Crippen LogP contribution in [0.2, 0.25) is 0 Å². The smallest absolute Gasteiger partial charge is 0.227 e. The third-order valence-corrected chi connectivity index (χ3v) is 5.52. The predicted octanol–water partition coefficient (Wildman–Crippen LogP) is 3.14. The Hall–Kier alpha value is -2.64. The monoisotopic (exact) mass is 410 g/mol. The molecule has 7 heteroatoms. The molecule has 0 unspecified atom stereocenters. The van der Waals surface area contributed by atoms with E-state index in [0.717, 1.165) is 50.6 Å². The van der Waals surface area contributed by atoms with E-state index in [1.54, 1.807) is 0 Å². The molecule has 29 heavy (non-hydrogen) atoms. The van der Waals surface area contributed by atoms with Crippen LogP contribution in [0.4, 0.5) is 17.1 Å². The van der Waals surface area contributed by atoms with Gasteiger partial charge in [0, 0.05) is 49.7 Å². The summed E-state index contributed by atoms with van der Waals surface area (Å²) in [5.74, 6) is 0.197. The summed E-state index contributed by atoms with van der Waals surface area (Å²) >= 11 is 5.41. The van der Waals surface area contributed by atoms with Gasteiger partial charge >= 0.3 is 0 Å². The van der Waals surface area contributed by atoms with Crippen LogP contribution in [0.1, 0.15) is 18.4 Å². The largest absolute Gasteiger partial charge is 0.378 e. The van der Waals surface area contributed by atoms with Gasteiger partial charge in [0.25, 0.3) is 0 Å². The highest BCUT2D eigenvalue weighted by Gasteiger charge is 2.21. The predicted molar refractivity (Wildman–Crippen MR) is 121 cm³/mol. The van der Waals surface area contributed by atoms with E-state index in [2.05, 4.69) is 39.8 Å². The zero-order valence-corrected chi connectivity index (χ0v) is 17.2. The van der Waals surface area contributed by atoms with Gasteiger partial charge in [0.2, 0.25) is 5.91 Å². The van der Waals surface area contributed by atoms with Crippen LogP contribution in [-0.2, 0) is 16.1 Å². The fraction of sp³-hybridized carbons (Fsp3) is 0.364. The van der Waals surface area contributed by atoms with Crippen molar-refractivity contribution in [1.82, 2.24) is 5.32 Å². The number of carbonyl (C=O) groups is 1. The van der Waals surface area contributed by atoms with Crippen molar-refractivity contribution in [1.29, 1.82) is 0 Å². The van der Waals surface area contributed by atoms with E-state index in [1.807, 2.05) is 29.2 Å². The first kappa shape index (κ1) is 19.7. The highest BCUT2D eigenvalue weighted by molar-refractivity contribution is 7.80. The molecular weight excluding hydrogens is 384 g/mol. The number of nitrogens with one attached hydrogen (secondary N) is 2. The van der Waals surface area contributed by atoms with E-state index in [4.69, 9.17) is 17.0 Å². The molecule has 0 bridgehead atoms. The zero-order valence-electron chi connectivity index (χ0n) is 16.4. The fourth-order valence-corrected chi connectivity index (χ4v) is 3.84. The number of morpholine rings is 1. The maximum absolute atomic E-state index is 11.8. The molecule has 2 saturated heterocycles. The van der Waals surface area contributed by atoms with Crippen molar-refractivity contribution < 1.29 is 9.53 Å². The van der Waals surface area contributed by atoms with Gasteiger partial charge in [-0.2, -0.15) is 0 Å². The van der Waals surface area contributed by atoms with Crippen molar-refractivity contribution >= 4 is 40.3 Å². The second-order valence-corrected chi connectivity index (χ2v) is 7.68. The lowest BCUT2D eigenvalue weighted by atomic mass is 10.2. The van der Waals surface area contributed by atoms with Crippen LogP contribution < -0.4 is 20.4 Å². The van der Waals surface area contributed by atoms with Gasteiger partial charge < -0.3 is 25.2 Å². The van der Waals surface area contributed by atoms with E-state index >= 15 is 0 Å². The van der Waals surface area contributed by atoms with Gasteiger partial charge in [0.05, 0.1) is 13.2 Å². The Kier molecular flexibility index (Phi) is 6.27. The van der Waals surface area contributed by atoms with Gasteiger partial charge in [-0.25, -0.2) is 0 Å².